The van der Waals surface area contributed by atoms with Gasteiger partial charge >= 0.3 is 6.36 Å². The summed E-state index contributed by atoms with van der Waals surface area (Å²) in [5.74, 6) is 0.680. The molecule has 2 heterocycles. The predicted molar refractivity (Wildman–Crippen MR) is 139 cm³/mol. The molecule has 202 valence electrons. The molecule has 0 fully saturated rings. The molecule has 0 saturated heterocycles. The number of pyridine rings is 1. The molecule has 0 radical (unpaired) electrons. The van der Waals surface area contributed by atoms with Gasteiger partial charge in [0.25, 0.3) is 11.5 Å². The molecule has 0 aliphatic rings. The molecule has 4 rings (SSSR count). The van der Waals surface area contributed by atoms with Crippen LogP contribution in [0, 0.1) is 6.92 Å². The van der Waals surface area contributed by atoms with E-state index in [-0.39, 0.29) is 11.4 Å². The Bertz CT molecular complexity index is 1520. The minimum absolute atomic E-state index is 0.00136. The van der Waals surface area contributed by atoms with Crippen molar-refractivity contribution in [2.75, 3.05) is 17.2 Å². The Hall–Kier alpha value is -4.87. The van der Waals surface area contributed by atoms with Crippen LogP contribution in [-0.4, -0.2) is 33.6 Å². The van der Waals surface area contributed by atoms with E-state index in [1.165, 1.54) is 25.1 Å². The quantitative estimate of drug-likeness (QED) is 0.281. The Kier molecular flexibility index (Phi) is 8.13. The van der Waals surface area contributed by atoms with Gasteiger partial charge in [-0.1, -0.05) is 13.0 Å². The first-order valence-corrected chi connectivity index (χ1v) is 11.9. The number of benzene rings is 2. The molecule has 2 aromatic carbocycles. The summed E-state index contributed by atoms with van der Waals surface area (Å²) in [6.07, 6.45) is -2.31. The molecular weight excluding hydrogens is 515 g/mol. The van der Waals surface area contributed by atoms with Crippen LogP contribution in [0.4, 0.5) is 24.7 Å². The molecule has 12 heteroatoms. The SMILES string of the molecule is CCCNc1cc(Oc2ccc(NC(=O)c3nn(-c4cccc(OC(F)(F)F)c4)c(=O)cc3C)cc2)ccn1. The summed E-state index contributed by atoms with van der Waals surface area (Å²) in [5.41, 5.74) is 0.0229. The van der Waals surface area contributed by atoms with Crippen LogP contribution < -0.4 is 25.7 Å². The molecule has 2 N–H and O–H groups in total. The monoisotopic (exact) mass is 539 g/mol. The van der Waals surface area contributed by atoms with Crippen molar-refractivity contribution in [3.8, 4) is 22.9 Å². The molecule has 0 aliphatic carbocycles. The summed E-state index contributed by atoms with van der Waals surface area (Å²) in [7, 11) is 0. The van der Waals surface area contributed by atoms with Crippen molar-refractivity contribution in [1.29, 1.82) is 0 Å². The lowest BCUT2D eigenvalue weighted by Gasteiger charge is -2.13. The van der Waals surface area contributed by atoms with Crippen molar-refractivity contribution < 1.29 is 27.4 Å². The van der Waals surface area contributed by atoms with E-state index in [0.29, 0.717) is 28.6 Å². The number of aromatic nitrogens is 3. The minimum atomic E-state index is -4.90. The van der Waals surface area contributed by atoms with Crippen molar-refractivity contribution in [2.24, 2.45) is 0 Å². The highest BCUT2D eigenvalue weighted by Crippen LogP contribution is 2.26. The zero-order valence-corrected chi connectivity index (χ0v) is 21.0. The maximum absolute atomic E-state index is 13.0. The van der Waals surface area contributed by atoms with Gasteiger partial charge in [-0.3, -0.25) is 9.59 Å². The van der Waals surface area contributed by atoms with E-state index in [2.05, 4.69) is 32.4 Å². The number of halogens is 3. The first-order valence-electron chi connectivity index (χ1n) is 11.9. The van der Waals surface area contributed by atoms with Crippen LogP contribution in [0.1, 0.15) is 29.4 Å². The van der Waals surface area contributed by atoms with Crippen LogP contribution in [0.2, 0.25) is 0 Å². The third-order valence-electron chi connectivity index (χ3n) is 5.27. The van der Waals surface area contributed by atoms with Gasteiger partial charge in [-0.15, -0.1) is 13.2 Å². The number of alkyl halides is 3. The molecule has 0 atom stereocenters. The van der Waals surface area contributed by atoms with Gasteiger partial charge in [0.2, 0.25) is 0 Å². The number of ether oxygens (including phenoxy) is 2. The van der Waals surface area contributed by atoms with Crippen molar-refractivity contribution in [2.45, 2.75) is 26.6 Å². The van der Waals surface area contributed by atoms with Gasteiger partial charge < -0.3 is 20.1 Å². The number of hydrogen-bond donors (Lipinski definition) is 2. The van der Waals surface area contributed by atoms with Gasteiger partial charge in [0.05, 0.1) is 5.69 Å². The van der Waals surface area contributed by atoms with E-state index < -0.39 is 23.6 Å². The fourth-order valence-electron chi connectivity index (χ4n) is 3.52. The Balaban J connectivity index is 1.49. The molecule has 0 bridgehead atoms. The number of nitrogens with one attached hydrogen (secondary N) is 2. The highest BCUT2D eigenvalue weighted by molar-refractivity contribution is 6.03. The summed E-state index contributed by atoms with van der Waals surface area (Å²) < 4.78 is 48.4. The number of carbonyl (C=O) groups excluding carboxylic acids is 1. The molecule has 0 spiro atoms. The lowest BCUT2D eigenvalue weighted by molar-refractivity contribution is -0.274. The van der Waals surface area contributed by atoms with E-state index in [4.69, 9.17) is 4.74 Å². The number of rotatable bonds is 9. The smallest absolute Gasteiger partial charge is 0.457 e. The van der Waals surface area contributed by atoms with Gasteiger partial charge in [-0.05, 0) is 61.4 Å². The zero-order chi connectivity index (χ0) is 28.0. The van der Waals surface area contributed by atoms with Gasteiger partial charge in [0.15, 0.2) is 5.69 Å². The number of amides is 1. The second-order valence-electron chi connectivity index (χ2n) is 8.36. The van der Waals surface area contributed by atoms with Crippen molar-refractivity contribution in [3.63, 3.8) is 0 Å². The van der Waals surface area contributed by atoms with Crippen molar-refractivity contribution >= 4 is 17.4 Å². The minimum Gasteiger partial charge on any atom is -0.457 e. The average Bonchev–Trinajstić information content (AvgIpc) is 2.88. The topological polar surface area (TPSA) is 107 Å². The first-order chi connectivity index (χ1) is 18.6. The highest BCUT2D eigenvalue weighted by Gasteiger charge is 2.31. The Morgan fingerprint density at radius 3 is 2.49 bits per heavy atom. The molecule has 2 aromatic heterocycles. The molecule has 9 nitrogen and oxygen atoms in total. The maximum atomic E-state index is 13.0. The van der Waals surface area contributed by atoms with E-state index in [1.54, 1.807) is 42.6 Å². The Morgan fingerprint density at radius 1 is 1.00 bits per heavy atom. The Labute approximate surface area is 221 Å². The van der Waals surface area contributed by atoms with Crippen LogP contribution in [0.15, 0.2) is 77.7 Å². The van der Waals surface area contributed by atoms with Crippen LogP contribution in [0.5, 0.6) is 17.2 Å². The summed E-state index contributed by atoms with van der Waals surface area (Å²) in [6, 6.07) is 16.0. The predicted octanol–water partition coefficient (Wildman–Crippen LogP) is 5.70. The van der Waals surface area contributed by atoms with E-state index in [1.807, 2.05) is 0 Å². The second-order valence-corrected chi connectivity index (χ2v) is 8.36. The third kappa shape index (κ3) is 7.34. The van der Waals surface area contributed by atoms with Gasteiger partial charge in [-0.25, -0.2) is 4.98 Å². The normalized spacial score (nSPS) is 11.1. The van der Waals surface area contributed by atoms with Gasteiger partial charge in [0, 0.05) is 36.6 Å². The van der Waals surface area contributed by atoms with Crippen LogP contribution in [-0.2, 0) is 0 Å². The lowest BCUT2D eigenvalue weighted by atomic mass is 10.2. The molecule has 0 aliphatic heterocycles. The molecule has 39 heavy (non-hydrogen) atoms. The lowest BCUT2D eigenvalue weighted by Crippen LogP contribution is -2.26. The van der Waals surface area contributed by atoms with Gasteiger partial charge in [-0.2, -0.15) is 9.78 Å². The highest BCUT2D eigenvalue weighted by atomic mass is 19.4. The number of nitrogens with zero attached hydrogens (tertiary/aromatic N) is 3. The van der Waals surface area contributed by atoms with E-state index in [0.717, 1.165) is 29.8 Å². The number of anilines is 2. The van der Waals surface area contributed by atoms with Crippen LogP contribution in [0.3, 0.4) is 0 Å². The first kappa shape index (κ1) is 27.2. The average molecular weight is 540 g/mol. The second kappa shape index (κ2) is 11.7. The largest absolute Gasteiger partial charge is 0.573 e. The molecular formula is C27H24F3N5O4. The third-order valence-corrected chi connectivity index (χ3v) is 5.27. The standard InChI is InChI=1S/C27H24F3N5O4/c1-3-12-31-23-16-21(11-13-32-23)38-20-9-7-18(8-10-20)33-26(37)25-17(2)14-24(36)35(34-25)19-5-4-6-22(15-19)39-27(28,29)30/h4-11,13-16H,3,12H2,1-2H3,(H,31,32)(H,33,37). The number of carbonyl (C=O) groups is 1. The fourth-order valence-corrected chi connectivity index (χ4v) is 3.52. The maximum Gasteiger partial charge on any atom is 0.573 e. The molecule has 4 aromatic rings. The molecule has 0 unspecified atom stereocenters. The number of aryl methyl sites for hydroxylation is 1. The molecule has 0 saturated carbocycles. The van der Waals surface area contributed by atoms with E-state index >= 15 is 0 Å². The summed E-state index contributed by atoms with van der Waals surface area (Å²) >= 11 is 0. The van der Waals surface area contributed by atoms with Crippen molar-refractivity contribution in [3.05, 3.63) is 94.5 Å². The van der Waals surface area contributed by atoms with Crippen LogP contribution in [0.25, 0.3) is 5.69 Å². The molecule has 1 amide bonds. The Morgan fingerprint density at radius 2 is 1.77 bits per heavy atom. The fraction of sp³-hybridized carbons (Fsp3) is 0.185. The van der Waals surface area contributed by atoms with Gasteiger partial charge in [0.1, 0.15) is 23.1 Å². The van der Waals surface area contributed by atoms with E-state index in [9.17, 15) is 22.8 Å². The summed E-state index contributed by atoms with van der Waals surface area (Å²) in [5, 5.41) is 9.98. The number of hydrogen-bond acceptors (Lipinski definition) is 7. The summed E-state index contributed by atoms with van der Waals surface area (Å²) in [4.78, 5) is 29.7. The van der Waals surface area contributed by atoms with Crippen molar-refractivity contribution in [1.82, 2.24) is 14.8 Å². The summed E-state index contributed by atoms with van der Waals surface area (Å²) in [6.45, 7) is 4.37. The van der Waals surface area contributed by atoms with Crippen LogP contribution >= 0.6 is 0 Å². The zero-order valence-electron chi connectivity index (χ0n) is 21.0.